The van der Waals surface area contributed by atoms with Crippen LogP contribution in [0.2, 0.25) is 0 Å². The van der Waals surface area contributed by atoms with Gasteiger partial charge in [0.1, 0.15) is 5.82 Å². The zero-order valence-electron chi connectivity index (χ0n) is 16.9. The highest BCUT2D eigenvalue weighted by molar-refractivity contribution is 6.04. The molecule has 0 saturated heterocycles. The largest absolute Gasteiger partial charge is 0.348 e. The fourth-order valence-corrected chi connectivity index (χ4v) is 2.95. The molecule has 3 aromatic rings. The SMILES string of the molecule is C[C@@H](NC(=O)CNC(=O)c1cccc(F)c1)c1cccc(NC(=O)c2ccccc2)c1. The molecule has 3 amide bonds. The fraction of sp³-hybridized carbons (Fsp3) is 0.125. The van der Waals surface area contributed by atoms with Crippen molar-refractivity contribution >= 4 is 23.4 Å². The Balaban J connectivity index is 1.54. The van der Waals surface area contributed by atoms with Crippen molar-refractivity contribution in [1.82, 2.24) is 10.6 Å². The van der Waals surface area contributed by atoms with E-state index in [1.807, 2.05) is 12.1 Å². The molecule has 0 aliphatic rings. The number of hydrogen-bond acceptors (Lipinski definition) is 3. The highest BCUT2D eigenvalue weighted by Crippen LogP contribution is 2.18. The number of anilines is 1. The number of benzene rings is 3. The van der Waals surface area contributed by atoms with Crippen molar-refractivity contribution in [3.8, 4) is 0 Å². The molecule has 158 valence electrons. The maximum atomic E-state index is 13.2. The summed E-state index contributed by atoms with van der Waals surface area (Å²) in [6, 6.07) is 20.9. The molecule has 0 unspecified atom stereocenters. The lowest BCUT2D eigenvalue weighted by molar-refractivity contribution is -0.120. The highest BCUT2D eigenvalue weighted by Gasteiger charge is 2.13. The third-order valence-corrected chi connectivity index (χ3v) is 4.55. The zero-order chi connectivity index (χ0) is 22.2. The summed E-state index contributed by atoms with van der Waals surface area (Å²) in [5, 5.41) is 8.08. The Hall–Kier alpha value is -4.00. The number of amides is 3. The average molecular weight is 419 g/mol. The molecule has 3 aromatic carbocycles. The van der Waals surface area contributed by atoms with Crippen LogP contribution in [0.5, 0.6) is 0 Å². The molecule has 0 aliphatic carbocycles. The predicted octanol–water partition coefficient (Wildman–Crippen LogP) is 3.69. The molecule has 3 N–H and O–H groups in total. The summed E-state index contributed by atoms with van der Waals surface area (Å²) >= 11 is 0. The molecule has 0 radical (unpaired) electrons. The number of nitrogens with one attached hydrogen (secondary N) is 3. The van der Waals surface area contributed by atoms with Gasteiger partial charge in [-0.05, 0) is 55.0 Å². The van der Waals surface area contributed by atoms with Gasteiger partial charge >= 0.3 is 0 Å². The number of rotatable bonds is 7. The van der Waals surface area contributed by atoms with E-state index in [2.05, 4.69) is 16.0 Å². The molecule has 0 spiro atoms. The lowest BCUT2D eigenvalue weighted by Crippen LogP contribution is -2.38. The number of halogens is 1. The van der Waals surface area contributed by atoms with Crippen LogP contribution in [0.4, 0.5) is 10.1 Å². The van der Waals surface area contributed by atoms with Crippen molar-refractivity contribution in [3.05, 3.63) is 101 Å². The molecule has 31 heavy (non-hydrogen) atoms. The minimum Gasteiger partial charge on any atom is -0.348 e. The monoisotopic (exact) mass is 419 g/mol. The van der Waals surface area contributed by atoms with E-state index in [9.17, 15) is 18.8 Å². The summed E-state index contributed by atoms with van der Waals surface area (Å²) in [6.45, 7) is 1.55. The molecule has 0 saturated carbocycles. The second kappa shape index (κ2) is 10.2. The highest BCUT2D eigenvalue weighted by atomic mass is 19.1. The van der Waals surface area contributed by atoms with Crippen LogP contribution in [0, 0.1) is 5.82 Å². The molecule has 0 bridgehead atoms. The van der Waals surface area contributed by atoms with Gasteiger partial charge < -0.3 is 16.0 Å². The topological polar surface area (TPSA) is 87.3 Å². The van der Waals surface area contributed by atoms with Gasteiger partial charge in [-0.25, -0.2) is 4.39 Å². The van der Waals surface area contributed by atoms with Gasteiger partial charge in [-0.2, -0.15) is 0 Å². The van der Waals surface area contributed by atoms with Crippen molar-refractivity contribution in [2.24, 2.45) is 0 Å². The predicted molar refractivity (Wildman–Crippen MR) is 116 cm³/mol. The number of carbonyl (C=O) groups excluding carboxylic acids is 3. The van der Waals surface area contributed by atoms with E-state index in [0.29, 0.717) is 11.3 Å². The Morgan fingerprint density at radius 3 is 2.29 bits per heavy atom. The van der Waals surface area contributed by atoms with Crippen molar-refractivity contribution in [3.63, 3.8) is 0 Å². The first-order valence-electron chi connectivity index (χ1n) is 9.72. The molecule has 1 atom stereocenters. The van der Waals surface area contributed by atoms with Gasteiger partial charge in [0.05, 0.1) is 12.6 Å². The van der Waals surface area contributed by atoms with Crippen LogP contribution >= 0.6 is 0 Å². The summed E-state index contributed by atoms with van der Waals surface area (Å²) in [7, 11) is 0. The average Bonchev–Trinajstić information content (AvgIpc) is 2.78. The van der Waals surface area contributed by atoms with Gasteiger partial charge in [-0.15, -0.1) is 0 Å². The van der Waals surface area contributed by atoms with Gasteiger partial charge in [0.15, 0.2) is 0 Å². The van der Waals surface area contributed by atoms with Crippen LogP contribution in [0.25, 0.3) is 0 Å². The Morgan fingerprint density at radius 2 is 1.55 bits per heavy atom. The number of carbonyl (C=O) groups is 3. The Morgan fingerprint density at radius 1 is 0.839 bits per heavy atom. The molecule has 0 aromatic heterocycles. The first kappa shape index (κ1) is 21.7. The molecule has 6 nitrogen and oxygen atoms in total. The number of hydrogen-bond donors (Lipinski definition) is 3. The van der Waals surface area contributed by atoms with E-state index >= 15 is 0 Å². The fourth-order valence-electron chi connectivity index (χ4n) is 2.95. The third-order valence-electron chi connectivity index (χ3n) is 4.55. The smallest absolute Gasteiger partial charge is 0.255 e. The third kappa shape index (κ3) is 6.24. The van der Waals surface area contributed by atoms with Crippen molar-refractivity contribution in [2.75, 3.05) is 11.9 Å². The van der Waals surface area contributed by atoms with Crippen molar-refractivity contribution in [2.45, 2.75) is 13.0 Å². The Kier molecular flexibility index (Phi) is 7.11. The second-order valence-electron chi connectivity index (χ2n) is 6.93. The van der Waals surface area contributed by atoms with Crippen LogP contribution < -0.4 is 16.0 Å². The van der Waals surface area contributed by atoms with Gasteiger partial charge in [-0.3, -0.25) is 14.4 Å². The molecular formula is C24H22FN3O3. The van der Waals surface area contributed by atoms with Gasteiger partial charge in [0, 0.05) is 16.8 Å². The first-order valence-corrected chi connectivity index (χ1v) is 9.72. The van der Waals surface area contributed by atoms with Crippen LogP contribution in [0.15, 0.2) is 78.9 Å². The molecule has 3 rings (SSSR count). The quantitative estimate of drug-likeness (QED) is 0.546. The summed E-state index contributed by atoms with van der Waals surface area (Å²) in [4.78, 5) is 36.5. The summed E-state index contributed by atoms with van der Waals surface area (Å²) < 4.78 is 13.2. The molecule has 0 heterocycles. The van der Waals surface area contributed by atoms with Gasteiger partial charge in [0.2, 0.25) is 5.91 Å². The molecule has 0 aliphatic heterocycles. The van der Waals surface area contributed by atoms with Gasteiger partial charge in [-0.1, -0.05) is 36.4 Å². The van der Waals surface area contributed by atoms with E-state index in [-0.39, 0.29) is 24.1 Å². The van der Waals surface area contributed by atoms with Crippen LogP contribution in [0.3, 0.4) is 0 Å². The lowest BCUT2D eigenvalue weighted by atomic mass is 10.1. The Labute approximate surface area is 179 Å². The van der Waals surface area contributed by atoms with Crippen molar-refractivity contribution in [1.29, 1.82) is 0 Å². The summed E-state index contributed by atoms with van der Waals surface area (Å²) in [5.74, 6) is -1.68. The zero-order valence-corrected chi connectivity index (χ0v) is 16.9. The van der Waals surface area contributed by atoms with Crippen molar-refractivity contribution < 1.29 is 18.8 Å². The first-order chi connectivity index (χ1) is 14.9. The standard InChI is InChI=1S/C24H22FN3O3/c1-16(27-22(29)15-26-23(30)19-10-5-11-20(25)13-19)18-9-6-12-21(14-18)28-24(31)17-7-3-2-4-8-17/h2-14,16H,15H2,1H3,(H,26,30)(H,27,29)(H,28,31)/t16-/m1/s1. The Bertz CT molecular complexity index is 1090. The van der Waals surface area contributed by atoms with E-state index in [0.717, 1.165) is 11.6 Å². The molecule has 7 heteroatoms. The summed E-state index contributed by atoms with van der Waals surface area (Å²) in [5.41, 5.74) is 2.08. The molecule has 0 fully saturated rings. The normalized spacial score (nSPS) is 11.3. The van der Waals surface area contributed by atoms with E-state index in [4.69, 9.17) is 0 Å². The maximum Gasteiger partial charge on any atom is 0.255 e. The lowest BCUT2D eigenvalue weighted by Gasteiger charge is -2.16. The van der Waals surface area contributed by atoms with Crippen LogP contribution in [-0.2, 0) is 4.79 Å². The van der Waals surface area contributed by atoms with E-state index in [1.54, 1.807) is 49.4 Å². The minimum atomic E-state index is -0.534. The van der Waals surface area contributed by atoms with Crippen LogP contribution in [0.1, 0.15) is 39.2 Å². The summed E-state index contributed by atoms with van der Waals surface area (Å²) in [6.07, 6.45) is 0. The van der Waals surface area contributed by atoms with Crippen LogP contribution in [-0.4, -0.2) is 24.3 Å². The van der Waals surface area contributed by atoms with E-state index in [1.165, 1.54) is 18.2 Å². The van der Waals surface area contributed by atoms with Gasteiger partial charge in [0.25, 0.3) is 11.8 Å². The minimum absolute atomic E-state index is 0.141. The van der Waals surface area contributed by atoms with E-state index < -0.39 is 17.6 Å². The maximum absolute atomic E-state index is 13.2. The second-order valence-corrected chi connectivity index (χ2v) is 6.93. The molecular weight excluding hydrogens is 397 g/mol.